The zero-order valence-corrected chi connectivity index (χ0v) is 21.3. The van der Waals surface area contributed by atoms with E-state index in [1.54, 1.807) is 6.20 Å². The highest BCUT2D eigenvalue weighted by Crippen LogP contribution is 2.34. The van der Waals surface area contributed by atoms with Gasteiger partial charge in [0.1, 0.15) is 11.6 Å². The van der Waals surface area contributed by atoms with Crippen LogP contribution in [0.3, 0.4) is 0 Å². The molecular formula is C27H27F3N8. The third kappa shape index (κ3) is 5.03. The molecule has 3 aromatic heterocycles. The average molecular weight is 521 g/mol. The van der Waals surface area contributed by atoms with Crippen molar-refractivity contribution in [2.24, 2.45) is 5.92 Å². The standard InChI is InChI=1S/C27H27F3N8/c1-15(2)20-11-12-32-25(34-20)26-37-24-22(38(26)14-17-7-9-19(10-8-17)27(28,29)30)23(35-21(13-31)36-24)33-16(3)18-5-4-6-18/h7-12,15-16,18H,4-6,14H2,1-3H3,(H,33,35,36). The molecule has 38 heavy (non-hydrogen) atoms. The molecule has 196 valence electrons. The number of rotatable bonds is 7. The van der Waals surface area contributed by atoms with Gasteiger partial charge in [-0.2, -0.15) is 28.4 Å². The highest BCUT2D eigenvalue weighted by atomic mass is 19.4. The number of alkyl halides is 3. The smallest absolute Gasteiger partial charge is 0.365 e. The van der Waals surface area contributed by atoms with Gasteiger partial charge >= 0.3 is 6.18 Å². The lowest BCUT2D eigenvalue weighted by molar-refractivity contribution is -0.137. The minimum absolute atomic E-state index is 0.0246. The molecule has 5 rings (SSSR count). The second-order valence-corrected chi connectivity index (χ2v) is 9.98. The molecule has 0 radical (unpaired) electrons. The highest BCUT2D eigenvalue weighted by molar-refractivity contribution is 5.87. The molecule has 1 fully saturated rings. The first kappa shape index (κ1) is 25.6. The van der Waals surface area contributed by atoms with E-state index in [9.17, 15) is 18.4 Å². The fourth-order valence-corrected chi connectivity index (χ4v) is 4.57. The Labute approximate surface area is 218 Å². The summed E-state index contributed by atoms with van der Waals surface area (Å²) in [6.45, 7) is 6.30. The third-order valence-corrected chi connectivity index (χ3v) is 7.01. The van der Waals surface area contributed by atoms with E-state index >= 15 is 0 Å². The maximum Gasteiger partial charge on any atom is 0.416 e. The van der Waals surface area contributed by atoms with Crippen molar-refractivity contribution >= 4 is 17.0 Å². The lowest BCUT2D eigenvalue weighted by atomic mass is 9.80. The van der Waals surface area contributed by atoms with Gasteiger partial charge in [-0.05, 0) is 55.4 Å². The summed E-state index contributed by atoms with van der Waals surface area (Å²) < 4.78 is 41.3. The summed E-state index contributed by atoms with van der Waals surface area (Å²) in [6.07, 6.45) is 0.633. The second kappa shape index (κ2) is 10.0. The first-order chi connectivity index (χ1) is 18.1. The van der Waals surface area contributed by atoms with E-state index < -0.39 is 11.7 Å². The maximum absolute atomic E-state index is 13.2. The summed E-state index contributed by atoms with van der Waals surface area (Å²) in [5.74, 6) is 1.82. The second-order valence-electron chi connectivity index (χ2n) is 9.98. The van der Waals surface area contributed by atoms with Gasteiger partial charge in [0, 0.05) is 24.5 Å². The van der Waals surface area contributed by atoms with Gasteiger partial charge in [-0.15, -0.1) is 0 Å². The summed E-state index contributed by atoms with van der Waals surface area (Å²) in [5.41, 5.74) is 1.57. The van der Waals surface area contributed by atoms with Gasteiger partial charge < -0.3 is 9.88 Å². The first-order valence-electron chi connectivity index (χ1n) is 12.6. The number of fused-ring (bicyclic) bond motifs is 1. The fraction of sp³-hybridized carbons (Fsp3) is 0.407. The fourth-order valence-electron chi connectivity index (χ4n) is 4.57. The SMILES string of the molecule is CC(C)c1ccnc(-c2nc3nc(C#N)nc(NC(C)C4CCC4)c3n2Cc2ccc(C(F)(F)F)cc2)n1. The molecule has 0 aliphatic heterocycles. The summed E-state index contributed by atoms with van der Waals surface area (Å²) >= 11 is 0. The van der Waals surface area contributed by atoms with Crippen LogP contribution in [-0.2, 0) is 12.7 Å². The van der Waals surface area contributed by atoms with Gasteiger partial charge in [-0.25, -0.2) is 15.0 Å². The lowest BCUT2D eigenvalue weighted by Gasteiger charge is -2.32. The monoisotopic (exact) mass is 520 g/mol. The molecule has 1 atom stereocenters. The predicted molar refractivity (Wildman–Crippen MR) is 136 cm³/mol. The molecule has 0 bridgehead atoms. The number of halogens is 3. The van der Waals surface area contributed by atoms with E-state index in [1.807, 2.05) is 30.6 Å². The molecular weight excluding hydrogens is 493 g/mol. The van der Waals surface area contributed by atoms with E-state index in [0.717, 1.165) is 30.7 Å². The summed E-state index contributed by atoms with van der Waals surface area (Å²) in [4.78, 5) is 22.7. The van der Waals surface area contributed by atoms with Crippen molar-refractivity contribution in [1.29, 1.82) is 5.26 Å². The van der Waals surface area contributed by atoms with Gasteiger partial charge in [0.05, 0.1) is 5.56 Å². The van der Waals surface area contributed by atoms with Crippen LogP contribution in [0.15, 0.2) is 36.5 Å². The van der Waals surface area contributed by atoms with Crippen LogP contribution in [0.2, 0.25) is 0 Å². The van der Waals surface area contributed by atoms with E-state index in [1.165, 1.54) is 18.6 Å². The molecule has 0 spiro atoms. The van der Waals surface area contributed by atoms with Gasteiger partial charge in [0.25, 0.3) is 0 Å². The number of nitriles is 1. The number of anilines is 1. The van der Waals surface area contributed by atoms with Crippen LogP contribution in [-0.4, -0.2) is 35.5 Å². The Hall–Kier alpha value is -4.07. The molecule has 1 unspecified atom stereocenters. The predicted octanol–water partition coefficient (Wildman–Crippen LogP) is 5.95. The third-order valence-electron chi connectivity index (χ3n) is 7.01. The van der Waals surface area contributed by atoms with Crippen LogP contribution in [0.1, 0.15) is 68.6 Å². The molecule has 1 aliphatic rings. The topological polar surface area (TPSA) is 105 Å². The van der Waals surface area contributed by atoms with E-state index in [2.05, 4.69) is 27.2 Å². The van der Waals surface area contributed by atoms with Crippen LogP contribution >= 0.6 is 0 Å². The zero-order valence-electron chi connectivity index (χ0n) is 21.3. The number of imidazole rings is 1. The molecule has 11 heteroatoms. The van der Waals surface area contributed by atoms with Crippen molar-refractivity contribution in [3.63, 3.8) is 0 Å². The van der Waals surface area contributed by atoms with Gasteiger partial charge in [-0.3, -0.25) is 0 Å². The number of hydrogen-bond acceptors (Lipinski definition) is 7. The molecule has 0 amide bonds. The Balaban J connectivity index is 1.67. The Morgan fingerprint density at radius 3 is 2.39 bits per heavy atom. The minimum Gasteiger partial charge on any atom is -0.365 e. The first-order valence-corrected chi connectivity index (χ1v) is 12.6. The molecule has 3 heterocycles. The van der Waals surface area contributed by atoms with Crippen LogP contribution in [0, 0.1) is 17.2 Å². The Kier molecular flexibility index (Phi) is 6.73. The summed E-state index contributed by atoms with van der Waals surface area (Å²) in [5, 5.41) is 13.0. The van der Waals surface area contributed by atoms with E-state index in [4.69, 9.17) is 9.97 Å². The summed E-state index contributed by atoms with van der Waals surface area (Å²) in [6, 6.07) is 8.95. The normalized spacial score (nSPS) is 14.9. The van der Waals surface area contributed by atoms with Crippen LogP contribution in [0.4, 0.5) is 19.0 Å². The van der Waals surface area contributed by atoms with Gasteiger partial charge in [-0.1, -0.05) is 32.4 Å². The Morgan fingerprint density at radius 1 is 1.05 bits per heavy atom. The van der Waals surface area contributed by atoms with Crippen LogP contribution < -0.4 is 5.32 Å². The summed E-state index contributed by atoms with van der Waals surface area (Å²) in [7, 11) is 0. The number of nitrogens with one attached hydrogen (secondary N) is 1. The van der Waals surface area contributed by atoms with Crippen molar-refractivity contribution in [1.82, 2.24) is 29.5 Å². The minimum atomic E-state index is -4.42. The van der Waals surface area contributed by atoms with Crippen molar-refractivity contribution in [2.45, 2.75) is 64.7 Å². The molecule has 0 saturated heterocycles. The molecule has 4 aromatic rings. The van der Waals surface area contributed by atoms with E-state index in [0.29, 0.717) is 40.1 Å². The van der Waals surface area contributed by atoms with Crippen molar-refractivity contribution in [2.75, 3.05) is 5.32 Å². The molecule has 1 aromatic carbocycles. The van der Waals surface area contributed by atoms with Crippen molar-refractivity contribution in [3.8, 4) is 17.7 Å². The van der Waals surface area contributed by atoms with Crippen LogP contribution in [0.5, 0.6) is 0 Å². The van der Waals surface area contributed by atoms with Crippen molar-refractivity contribution < 1.29 is 13.2 Å². The zero-order chi connectivity index (χ0) is 27.0. The maximum atomic E-state index is 13.2. The number of nitrogens with zero attached hydrogens (tertiary/aromatic N) is 7. The molecule has 1 saturated carbocycles. The van der Waals surface area contributed by atoms with Gasteiger partial charge in [0.2, 0.25) is 5.82 Å². The highest BCUT2D eigenvalue weighted by Gasteiger charge is 2.30. The number of hydrogen-bond donors (Lipinski definition) is 1. The molecule has 8 nitrogen and oxygen atoms in total. The van der Waals surface area contributed by atoms with E-state index in [-0.39, 0.29) is 24.3 Å². The average Bonchev–Trinajstić information content (AvgIpc) is 3.21. The largest absolute Gasteiger partial charge is 0.416 e. The lowest BCUT2D eigenvalue weighted by Crippen LogP contribution is -2.31. The molecule has 1 N–H and O–H groups in total. The van der Waals surface area contributed by atoms with Crippen LogP contribution in [0.25, 0.3) is 22.8 Å². The number of aromatic nitrogens is 6. The number of benzene rings is 1. The quantitative estimate of drug-likeness (QED) is 0.321. The molecule has 1 aliphatic carbocycles. The van der Waals surface area contributed by atoms with Gasteiger partial charge in [0.15, 0.2) is 23.1 Å². The van der Waals surface area contributed by atoms with Crippen molar-refractivity contribution in [3.05, 3.63) is 59.2 Å². The Bertz CT molecular complexity index is 1500. The Morgan fingerprint density at radius 2 is 1.79 bits per heavy atom.